The standard InChI is InChI=1S/C28H21Cl2FN4O3/c1-3-37-26-12-23-21(11-24(26)35-28(36)16(2)29)27(18(13-32)14-33-23)34-20-7-8-25(22(30)10-20)38-15-17-5-4-6-19(31)9-17/h4-12,14H,2-3,15H2,1H3,(H,33,34)(H,35,36). The predicted octanol–water partition coefficient (Wildman–Crippen LogP) is 7.31. The molecule has 10 heteroatoms. The molecule has 0 spiro atoms. The molecular formula is C28H21Cl2FN4O3. The molecule has 0 radical (unpaired) electrons. The zero-order valence-corrected chi connectivity index (χ0v) is 21.7. The molecule has 0 fully saturated rings. The second-order valence-electron chi connectivity index (χ2n) is 8.01. The van der Waals surface area contributed by atoms with Gasteiger partial charge in [0.05, 0.1) is 39.1 Å². The monoisotopic (exact) mass is 550 g/mol. The van der Waals surface area contributed by atoms with Crippen molar-refractivity contribution in [1.82, 2.24) is 4.98 Å². The Kier molecular flexibility index (Phi) is 8.31. The molecule has 192 valence electrons. The van der Waals surface area contributed by atoms with Crippen LogP contribution in [0.2, 0.25) is 5.02 Å². The summed E-state index contributed by atoms with van der Waals surface area (Å²) in [4.78, 5) is 16.6. The highest BCUT2D eigenvalue weighted by atomic mass is 35.5. The highest BCUT2D eigenvalue weighted by molar-refractivity contribution is 6.43. The van der Waals surface area contributed by atoms with Gasteiger partial charge in [-0.05, 0) is 48.9 Å². The lowest BCUT2D eigenvalue weighted by Gasteiger charge is -2.16. The molecule has 7 nitrogen and oxygen atoms in total. The van der Waals surface area contributed by atoms with E-state index >= 15 is 0 Å². The summed E-state index contributed by atoms with van der Waals surface area (Å²) >= 11 is 12.2. The molecule has 38 heavy (non-hydrogen) atoms. The van der Waals surface area contributed by atoms with Crippen molar-refractivity contribution in [3.63, 3.8) is 0 Å². The number of amides is 1. The van der Waals surface area contributed by atoms with Crippen molar-refractivity contribution in [1.29, 1.82) is 5.26 Å². The van der Waals surface area contributed by atoms with Crippen LogP contribution in [0.3, 0.4) is 0 Å². The lowest BCUT2D eigenvalue weighted by molar-refractivity contribution is -0.112. The summed E-state index contributed by atoms with van der Waals surface area (Å²) in [6.45, 7) is 5.75. The first-order valence-electron chi connectivity index (χ1n) is 11.4. The molecule has 1 aromatic heterocycles. The zero-order valence-electron chi connectivity index (χ0n) is 20.1. The summed E-state index contributed by atoms with van der Waals surface area (Å²) in [6.07, 6.45) is 1.44. The second kappa shape index (κ2) is 11.8. The lowest BCUT2D eigenvalue weighted by Crippen LogP contribution is -2.12. The minimum Gasteiger partial charge on any atom is -0.492 e. The number of hydrogen-bond donors (Lipinski definition) is 2. The molecule has 2 N–H and O–H groups in total. The van der Waals surface area contributed by atoms with E-state index in [0.29, 0.717) is 56.7 Å². The van der Waals surface area contributed by atoms with Crippen LogP contribution >= 0.6 is 23.2 Å². The van der Waals surface area contributed by atoms with Crippen LogP contribution in [0.15, 0.2) is 72.4 Å². The molecule has 4 aromatic rings. The third-order valence-corrected chi connectivity index (χ3v) is 5.84. The van der Waals surface area contributed by atoms with Gasteiger partial charge in [-0.1, -0.05) is 41.9 Å². The third-order valence-electron chi connectivity index (χ3n) is 5.37. The summed E-state index contributed by atoms with van der Waals surface area (Å²) in [7, 11) is 0. The number of pyridine rings is 1. The largest absolute Gasteiger partial charge is 0.492 e. The summed E-state index contributed by atoms with van der Waals surface area (Å²) in [5.41, 5.74) is 2.82. The molecule has 1 amide bonds. The zero-order chi connectivity index (χ0) is 27.2. The fraction of sp³-hybridized carbons (Fsp3) is 0.107. The molecule has 1 heterocycles. The first-order valence-corrected chi connectivity index (χ1v) is 12.1. The van der Waals surface area contributed by atoms with Gasteiger partial charge in [-0.25, -0.2) is 4.39 Å². The number of nitrogens with zero attached hydrogens (tertiary/aromatic N) is 2. The van der Waals surface area contributed by atoms with Crippen LogP contribution in [0, 0.1) is 17.1 Å². The Balaban J connectivity index is 1.67. The Bertz CT molecular complexity index is 1590. The number of carbonyl (C=O) groups is 1. The molecule has 0 aliphatic carbocycles. The van der Waals surface area contributed by atoms with Crippen molar-refractivity contribution in [3.05, 3.63) is 94.4 Å². The number of carbonyl (C=O) groups excluding carboxylic acids is 1. The Labute approximate surface area is 228 Å². The molecule has 0 unspecified atom stereocenters. The molecule has 0 saturated heterocycles. The average Bonchev–Trinajstić information content (AvgIpc) is 2.89. The number of ether oxygens (including phenoxy) is 2. The number of nitriles is 1. The average molecular weight is 551 g/mol. The maximum atomic E-state index is 13.4. The van der Waals surface area contributed by atoms with E-state index in [4.69, 9.17) is 32.7 Å². The fourth-order valence-electron chi connectivity index (χ4n) is 3.63. The van der Waals surface area contributed by atoms with Gasteiger partial charge in [0, 0.05) is 23.3 Å². The molecule has 0 atom stereocenters. The number of anilines is 3. The predicted molar refractivity (Wildman–Crippen MR) is 147 cm³/mol. The van der Waals surface area contributed by atoms with Crippen molar-refractivity contribution in [2.45, 2.75) is 13.5 Å². The molecule has 0 aliphatic heterocycles. The minimum absolute atomic E-state index is 0.142. The Hall–Kier alpha value is -4.32. The van der Waals surface area contributed by atoms with E-state index in [1.165, 1.54) is 18.3 Å². The highest BCUT2D eigenvalue weighted by Gasteiger charge is 2.17. The van der Waals surface area contributed by atoms with Crippen molar-refractivity contribution < 1.29 is 18.7 Å². The van der Waals surface area contributed by atoms with Crippen LogP contribution in [-0.4, -0.2) is 17.5 Å². The summed E-state index contributed by atoms with van der Waals surface area (Å²) in [5.74, 6) is -0.142. The molecule has 0 bridgehead atoms. The minimum atomic E-state index is -0.591. The first-order chi connectivity index (χ1) is 18.3. The molecule has 0 saturated carbocycles. The highest BCUT2D eigenvalue weighted by Crippen LogP contribution is 2.37. The third kappa shape index (κ3) is 6.14. The smallest absolute Gasteiger partial charge is 0.266 e. The van der Waals surface area contributed by atoms with Gasteiger partial charge in [0.25, 0.3) is 5.91 Å². The summed E-state index contributed by atoms with van der Waals surface area (Å²) in [5, 5.41) is 16.3. The normalized spacial score (nSPS) is 10.5. The Morgan fingerprint density at radius 3 is 2.66 bits per heavy atom. The molecule has 4 rings (SSSR count). The summed E-state index contributed by atoms with van der Waals surface area (Å²) < 4.78 is 24.8. The number of fused-ring (bicyclic) bond motifs is 1. The molecule has 3 aromatic carbocycles. The second-order valence-corrected chi connectivity index (χ2v) is 8.87. The van der Waals surface area contributed by atoms with E-state index < -0.39 is 5.91 Å². The van der Waals surface area contributed by atoms with Crippen LogP contribution in [0.5, 0.6) is 11.5 Å². The number of benzene rings is 3. The molecular weight excluding hydrogens is 530 g/mol. The van der Waals surface area contributed by atoms with Crippen LogP contribution in [0.1, 0.15) is 18.1 Å². The van der Waals surface area contributed by atoms with Crippen LogP contribution in [0.25, 0.3) is 10.9 Å². The van der Waals surface area contributed by atoms with Crippen LogP contribution in [-0.2, 0) is 11.4 Å². The van der Waals surface area contributed by atoms with Gasteiger partial charge >= 0.3 is 0 Å². The maximum Gasteiger partial charge on any atom is 0.266 e. The van der Waals surface area contributed by atoms with Crippen molar-refractivity contribution in [3.8, 4) is 17.6 Å². The molecule has 0 aliphatic rings. The number of halogens is 3. The van der Waals surface area contributed by atoms with Gasteiger partial charge in [-0.15, -0.1) is 0 Å². The van der Waals surface area contributed by atoms with Gasteiger partial charge in [-0.3, -0.25) is 9.78 Å². The van der Waals surface area contributed by atoms with Crippen LogP contribution < -0.4 is 20.1 Å². The van der Waals surface area contributed by atoms with Gasteiger partial charge in [0.2, 0.25) is 0 Å². The summed E-state index contributed by atoms with van der Waals surface area (Å²) in [6, 6.07) is 16.6. The van der Waals surface area contributed by atoms with Gasteiger partial charge < -0.3 is 20.1 Å². The van der Waals surface area contributed by atoms with E-state index in [-0.39, 0.29) is 23.0 Å². The fourth-order valence-corrected chi connectivity index (χ4v) is 3.91. The van der Waals surface area contributed by atoms with E-state index in [9.17, 15) is 14.4 Å². The van der Waals surface area contributed by atoms with E-state index in [1.807, 2.05) is 6.92 Å². The van der Waals surface area contributed by atoms with Crippen LogP contribution in [0.4, 0.5) is 21.5 Å². The number of nitrogens with one attached hydrogen (secondary N) is 2. The first kappa shape index (κ1) is 26.7. The number of aromatic nitrogens is 1. The van der Waals surface area contributed by atoms with E-state index in [0.717, 1.165) is 0 Å². The number of hydrogen-bond acceptors (Lipinski definition) is 6. The van der Waals surface area contributed by atoms with Crippen molar-refractivity contribution >= 4 is 57.1 Å². The topological polar surface area (TPSA) is 96.3 Å². The van der Waals surface area contributed by atoms with E-state index in [2.05, 4.69) is 28.3 Å². The quantitative estimate of drug-likeness (QED) is 0.212. The maximum absolute atomic E-state index is 13.4. The number of rotatable bonds is 9. The SMILES string of the molecule is C=C(Cl)C(=O)Nc1cc2c(Nc3ccc(OCc4cccc(F)c4)c(Cl)c3)c(C#N)cnc2cc1OCC. The lowest BCUT2D eigenvalue weighted by atomic mass is 10.1. The van der Waals surface area contributed by atoms with Gasteiger partial charge in [0.15, 0.2) is 0 Å². The van der Waals surface area contributed by atoms with Crippen molar-refractivity contribution in [2.24, 2.45) is 0 Å². The Morgan fingerprint density at radius 2 is 1.97 bits per heavy atom. The Morgan fingerprint density at radius 1 is 1.16 bits per heavy atom. The van der Waals surface area contributed by atoms with Crippen molar-refractivity contribution in [2.75, 3.05) is 17.2 Å². The van der Waals surface area contributed by atoms with Gasteiger partial charge in [0.1, 0.15) is 30.0 Å². The van der Waals surface area contributed by atoms with Gasteiger partial charge in [-0.2, -0.15) is 5.26 Å². The van der Waals surface area contributed by atoms with E-state index in [1.54, 1.807) is 42.5 Å².